The van der Waals surface area contributed by atoms with E-state index >= 15 is 0 Å². The second kappa shape index (κ2) is 9.50. The number of methoxy groups -OCH3 is 2. The molecule has 0 aromatic heterocycles. The summed E-state index contributed by atoms with van der Waals surface area (Å²) in [5.41, 5.74) is 1.85. The number of hydrogen-bond acceptors (Lipinski definition) is 5. The first-order chi connectivity index (χ1) is 13.3. The van der Waals surface area contributed by atoms with Crippen LogP contribution in [-0.4, -0.2) is 27.4 Å². The van der Waals surface area contributed by atoms with Gasteiger partial charge in [0.05, 0.1) is 13.7 Å². The molecule has 5 nitrogen and oxygen atoms in total. The third kappa shape index (κ3) is 5.39. The molecule has 0 bridgehead atoms. The standard InChI is InChI=1S/C22H23NO4/c1-24-14-15-26-22-16-18(23-17-8-11-19(25-2)12-9-17)10-13-21(22)27-20-6-4-3-5-7-20/h3-13,16,23H,14-15H2,1-2H3. The normalized spacial score (nSPS) is 10.3. The molecule has 3 rings (SSSR count). The Labute approximate surface area is 159 Å². The molecule has 0 saturated carbocycles. The smallest absolute Gasteiger partial charge is 0.169 e. The van der Waals surface area contributed by atoms with E-state index in [0.717, 1.165) is 22.9 Å². The van der Waals surface area contributed by atoms with Gasteiger partial charge in [0, 0.05) is 24.6 Å². The molecule has 3 aromatic carbocycles. The second-order valence-corrected chi connectivity index (χ2v) is 5.77. The van der Waals surface area contributed by atoms with Crippen LogP contribution >= 0.6 is 0 Å². The molecule has 0 radical (unpaired) electrons. The van der Waals surface area contributed by atoms with E-state index in [-0.39, 0.29) is 0 Å². The van der Waals surface area contributed by atoms with Crippen LogP contribution in [0.1, 0.15) is 0 Å². The Kier molecular flexibility index (Phi) is 6.55. The highest BCUT2D eigenvalue weighted by Crippen LogP contribution is 2.35. The molecular formula is C22H23NO4. The summed E-state index contributed by atoms with van der Waals surface area (Å²) in [5.74, 6) is 2.87. The maximum Gasteiger partial charge on any atom is 0.169 e. The van der Waals surface area contributed by atoms with Crippen molar-refractivity contribution in [3.63, 3.8) is 0 Å². The van der Waals surface area contributed by atoms with E-state index in [9.17, 15) is 0 Å². The quantitative estimate of drug-likeness (QED) is 0.524. The zero-order valence-electron chi connectivity index (χ0n) is 15.5. The number of anilines is 2. The Morgan fingerprint density at radius 3 is 2.15 bits per heavy atom. The van der Waals surface area contributed by atoms with Crippen molar-refractivity contribution in [2.75, 3.05) is 32.8 Å². The molecular weight excluding hydrogens is 342 g/mol. The Balaban J connectivity index is 1.79. The van der Waals surface area contributed by atoms with E-state index in [1.165, 1.54) is 0 Å². The molecule has 3 aromatic rings. The maximum absolute atomic E-state index is 5.97. The van der Waals surface area contributed by atoms with Crippen molar-refractivity contribution in [2.24, 2.45) is 0 Å². The third-order valence-electron chi connectivity index (χ3n) is 3.84. The molecule has 0 spiro atoms. The van der Waals surface area contributed by atoms with Gasteiger partial charge in [-0.05, 0) is 48.5 Å². The van der Waals surface area contributed by atoms with E-state index in [0.29, 0.717) is 24.7 Å². The number of nitrogens with one attached hydrogen (secondary N) is 1. The van der Waals surface area contributed by atoms with Gasteiger partial charge in [-0.25, -0.2) is 0 Å². The fourth-order valence-electron chi connectivity index (χ4n) is 2.47. The first-order valence-corrected chi connectivity index (χ1v) is 8.68. The fraction of sp³-hybridized carbons (Fsp3) is 0.182. The second-order valence-electron chi connectivity index (χ2n) is 5.77. The van der Waals surface area contributed by atoms with Gasteiger partial charge in [0.25, 0.3) is 0 Å². The Bertz CT molecular complexity index is 835. The summed E-state index contributed by atoms with van der Waals surface area (Å²) in [7, 11) is 3.30. The molecule has 0 fully saturated rings. The molecule has 0 atom stereocenters. The topological polar surface area (TPSA) is 49.0 Å². The molecule has 140 valence electrons. The molecule has 5 heteroatoms. The number of para-hydroxylation sites is 1. The molecule has 27 heavy (non-hydrogen) atoms. The van der Waals surface area contributed by atoms with Crippen molar-refractivity contribution in [2.45, 2.75) is 0 Å². The van der Waals surface area contributed by atoms with Gasteiger partial charge < -0.3 is 24.3 Å². The molecule has 1 N–H and O–H groups in total. The summed E-state index contributed by atoms with van der Waals surface area (Å²) in [6.07, 6.45) is 0. The minimum atomic E-state index is 0.438. The molecule has 0 amide bonds. The van der Waals surface area contributed by atoms with Crippen molar-refractivity contribution in [1.29, 1.82) is 0 Å². The van der Waals surface area contributed by atoms with E-state index in [1.54, 1.807) is 14.2 Å². The van der Waals surface area contributed by atoms with Gasteiger partial charge in [0.1, 0.15) is 18.1 Å². The van der Waals surface area contributed by atoms with Gasteiger partial charge in [-0.1, -0.05) is 18.2 Å². The highest BCUT2D eigenvalue weighted by molar-refractivity contribution is 5.64. The average molecular weight is 365 g/mol. The van der Waals surface area contributed by atoms with Gasteiger partial charge in [-0.2, -0.15) is 0 Å². The summed E-state index contributed by atoms with van der Waals surface area (Å²) >= 11 is 0. The van der Waals surface area contributed by atoms with Gasteiger partial charge >= 0.3 is 0 Å². The lowest BCUT2D eigenvalue weighted by Crippen LogP contribution is -2.05. The van der Waals surface area contributed by atoms with Crippen LogP contribution in [0.15, 0.2) is 72.8 Å². The summed E-state index contributed by atoms with van der Waals surface area (Å²) < 4.78 is 22.1. The van der Waals surface area contributed by atoms with Crippen LogP contribution in [0, 0.1) is 0 Å². The first kappa shape index (κ1) is 18.6. The van der Waals surface area contributed by atoms with Crippen LogP contribution in [0.3, 0.4) is 0 Å². The monoisotopic (exact) mass is 365 g/mol. The lowest BCUT2D eigenvalue weighted by Gasteiger charge is -2.15. The largest absolute Gasteiger partial charge is 0.497 e. The third-order valence-corrected chi connectivity index (χ3v) is 3.84. The summed E-state index contributed by atoms with van der Waals surface area (Å²) in [4.78, 5) is 0. The number of hydrogen-bond donors (Lipinski definition) is 1. The van der Waals surface area contributed by atoms with Crippen LogP contribution < -0.4 is 19.5 Å². The molecule has 0 aliphatic heterocycles. The van der Waals surface area contributed by atoms with Crippen molar-refractivity contribution >= 4 is 11.4 Å². The predicted octanol–water partition coefficient (Wildman–Crippen LogP) is 5.26. The SMILES string of the molecule is COCCOc1cc(Nc2ccc(OC)cc2)ccc1Oc1ccccc1. The Morgan fingerprint density at radius 1 is 0.704 bits per heavy atom. The lowest BCUT2D eigenvalue weighted by atomic mass is 10.2. The minimum absolute atomic E-state index is 0.438. The van der Waals surface area contributed by atoms with E-state index < -0.39 is 0 Å². The number of ether oxygens (including phenoxy) is 4. The molecule has 0 aliphatic rings. The molecule has 0 saturated heterocycles. The van der Waals surface area contributed by atoms with Crippen molar-refractivity contribution < 1.29 is 18.9 Å². The Hall–Kier alpha value is -3.18. The van der Waals surface area contributed by atoms with Crippen LogP contribution in [-0.2, 0) is 4.74 Å². The average Bonchev–Trinajstić information content (AvgIpc) is 2.71. The van der Waals surface area contributed by atoms with E-state index in [1.807, 2.05) is 72.8 Å². The maximum atomic E-state index is 5.97. The van der Waals surface area contributed by atoms with Crippen LogP contribution in [0.2, 0.25) is 0 Å². The zero-order chi connectivity index (χ0) is 18.9. The van der Waals surface area contributed by atoms with Crippen molar-refractivity contribution in [3.8, 4) is 23.0 Å². The van der Waals surface area contributed by atoms with E-state index in [4.69, 9.17) is 18.9 Å². The number of rotatable bonds is 9. The van der Waals surface area contributed by atoms with Gasteiger partial charge in [-0.3, -0.25) is 0 Å². The van der Waals surface area contributed by atoms with Gasteiger partial charge in [0.2, 0.25) is 0 Å². The summed E-state index contributed by atoms with van der Waals surface area (Å²) in [6, 6.07) is 23.1. The summed E-state index contributed by atoms with van der Waals surface area (Å²) in [6.45, 7) is 0.939. The predicted molar refractivity (Wildman–Crippen MR) is 107 cm³/mol. The number of benzene rings is 3. The fourth-order valence-corrected chi connectivity index (χ4v) is 2.47. The van der Waals surface area contributed by atoms with Crippen molar-refractivity contribution in [3.05, 3.63) is 72.8 Å². The van der Waals surface area contributed by atoms with Gasteiger partial charge in [-0.15, -0.1) is 0 Å². The van der Waals surface area contributed by atoms with Crippen molar-refractivity contribution in [1.82, 2.24) is 0 Å². The molecule has 0 heterocycles. The van der Waals surface area contributed by atoms with Crippen LogP contribution in [0.4, 0.5) is 11.4 Å². The van der Waals surface area contributed by atoms with Gasteiger partial charge in [0.15, 0.2) is 11.5 Å². The van der Waals surface area contributed by atoms with Crippen LogP contribution in [0.5, 0.6) is 23.0 Å². The molecule has 0 aliphatic carbocycles. The minimum Gasteiger partial charge on any atom is -0.497 e. The van der Waals surface area contributed by atoms with E-state index in [2.05, 4.69) is 5.32 Å². The first-order valence-electron chi connectivity index (χ1n) is 8.68. The lowest BCUT2D eigenvalue weighted by molar-refractivity contribution is 0.144. The summed E-state index contributed by atoms with van der Waals surface area (Å²) in [5, 5.41) is 3.35. The van der Waals surface area contributed by atoms with Crippen LogP contribution in [0.25, 0.3) is 0 Å². The molecule has 0 unspecified atom stereocenters. The highest BCUT2D eigenvalue weighted by atomic mass is 16.5. The highest BCUT2D eigenvalue weighted by Gasteiger charge is 2.09. The zero-order valence-corrected chi connectivity index (χ0v) is 15.5. The Morgan fingerprint density at radius 2 is 1.44 bits per heavy atom.